The summed E-state index contributed by atoms with van der Waals surface area (Å²) in [4.78, 5) is 0. The van der Waals surface area contributed by atoms with E-state index in [0.29, 0.717) is 18.0 Å². The van der Waals surface area contributed by atoms with E-state index in [4.69, 9.17) is 0 Å². The maximum atomic E-state index is 10.2. The Hall–Kier alpha value is -2.47. The minimum Gasteiger partial charge on any atom is -0.387 e. The van der Waals surface area contributed by atoms with Crippen LogP contribution in [0.15, 0.2) is 36.4 Å². The van der Waals surface area contributed by atoms with Gasteiger partial charge in [-0.15, -0.1) is 15.3 Å². The van der Waals surface area contributed by atoms with Crippen molar-refractivity contribution in [2.45, 2.75) is 20.0 Å². The Morgan fingerprint density at radius 3 is 2.62 bits per heavy atom. The number of aliphatic hydroxyl groups excluding tert-OH is 1. The number of nitrogens with one attached hydrogen (secondary N) is 1. The summed E-state index contributed by atoms with van der Waals surface area (Å²) in [5.74, 6) is 1.41. The van der Waals surface area contributed by atoms with Crippen LogP contribution in [0, 0.1) is 13.8 Å². The first-order valence-corrected chi connectivity index (χ1v) is 6.81. The van der Waals surface area contributed by atoms with E-state index in [2.05, 4.69) is 20.6 Å². The molecule has 6 heteroatoms. The lowest BCUT2D eigenvalue weighted by Crippen LogP contribution is -2.13. The number of benzene rings is 1. The zero-order valence-corrected chi connectivity index (χ0v) is 12.0. The first-order chi connectivity index (χ1) is 10.1. The van der Waals surface area contributed by atoms with Crippen molar-refractivity contribution in [1.82, 2.24) is 19.8 Å². The number of aromatic nitrogens is 4. The molecule has 0 aliphatic heterocycles. The summed E-state index contributed by atoms with van der Waals surface area (Å²) >= 11 is 0. The van der Waals surface area contributed by atoms with Gasteiger partial charge in [0.25, 0.3) is 0 Å². The van der Waals surface area contributed by atoms with Crippen LogP contribution in [-0.4, -0.2) is 31.5 Å². The van der Waals surface area contributed by atoms with Crippen LogP contribution in [0.3, 0.4) is 0 Å². The molecule has 0 bridgehead atoms. The molecule has 3 aromatic rings. The molecule has 2 heterocycles. The van der Waals surface area contributed by atoms with Crippen LogP contribution in [0.2, 0.25) is 0 Å². The molecule has 0 fully saturated rings. The van der Waals surface area contributed by atoms with Crippen LogP contribution in [0.25, 0.3) is 5.65 Å². The fourth-order valence-corrected chi connectivity index (χ4v) is 2.10. The maximum absolute atomic E-state index is 10.2. The smallest absolute Gasteiger partial charge is 0.178 e. The third-order valence-electron chi connectivity index (χ3n) is 3.36. The lowest BCUT2D eigenvalue weighted by Gasteiger charge is -2.13. The summed E-state index contributed by atoms with van der Waals surface area (Å²) in [5.41, 5.74) is 2.76. The summed E-state index contributed by atoms with van der Waals surface area (Å²) in [7, 11) is 0. The van der Waals surface area contributed by atoms with E-state index in [-0.39, 0.29) is 0 Å². The Morgan fingerprint density at radius 1 is 1.10 bits per heavy atom. The molecule has 108 valence electrons. The van der Waals surface area contributed by atoms with Gasteiger partial charge in [-0.2, -0.15) is 4.52 Å². The second-order valence-corrected chi connectivity index (χ2v) is 5.04. The highest BCUT2D eigenvalue weighted by Crippen LogP contribution is 2.15. The standard InChI is InChI=1S/C15H17N5O/c1-10-3-5-12(6-4-10)13(21)9-16-14-7-8-15-18-17-11(2)20(15)19-14/h3-8,13,21H,9H2,1-2H3,(H,16,19)/t13-/m1/s1. The van der Waals surface area contributed by atoms with Gasteiger partial charge < -0.3 is 10.4 Å². The maximum Gasteiger partial charge on any atom is 0.178 e. The quantitative estimate of drug-likeness (QED) is 0.764. The number of hydrogen-bond acceptors (Lipinski definition) is 5. The van der Waals surface area contributed by atoms with Crippen molar-refractivity contribution in [3.8, 4) is 0 Å². The summed E-state index contributed by atoms with van der Waals surface area (Å²) < 4.78 is 1.67. The summed E-state index contributed by atoms with van der Waals surface area (Å²) in [6.07, 6.45) is -0.579. The molecule has 1 atom stereocenters. The van der Waals surface area contributed by atoms with Crippen molar-refractivity contribution < 1.29 is 5.11 Å². The van der Waals surface area contributed by atoms with Crippen LogP contribution in [0.5, 0.6) is 0 Å². The molecule has 3 rings (SSSR count). The highest BCUT2D eigenvalue weighted by Gasteiger charge is 2.08. The fourth-order valence-electron chi connectivity index (χ4n) is 2.10. The molecule has 21 heavy (non-hydrogen) atoms. The van der Waals surface area contributed by atoms with Gasteiger partial charge in [0.2, 0.25) is 0 Å². The molecule has 0 amide bonds. The van der Waals surface area contributed by atoms with Crippen molar-refractivity contribution >= 4 is 11.5 Å². The summed E-state index contributed by atoms with van der Waals surface area (Å²) in [6, 6.07) is 11.5. The number of rotatable bonds is 4. The molecule has 0 radical (unpaired) electrons. The number of anilines is 1. The van der Waals surface area contributed by atoms with Gasteiger partial charge in [-0.3, -0.25) is 0 Å². The number of hydrogen-bond donors (Lipinski definition) is 2. The van der Waals surface area contributed by atoms with E-state index in [1.807, 2.05) is 50.2 Å². The predicted molar refractivity (Wildman–Crippen MR) is 80.1 cm³/mol. The molecule has 0 aliphatic rings. The molecule has 2 N–H and O–H groups in total. The van der Waals surface area contributed by atoms with Crippen LogP contribution in [-0.2, 0) is 0 Å². The number of nitrogens with zero attached hydrogens (tertiary/aromatic N) is 4. The SMILES string of the molecule is Cc1ccc([C@H](O)CNc2ccc3nnc(C)n3n2)cc1. The average Bonchev–Trinajstić information content (AvgIpc) is 2.87. The lowest BCUT2D eigenvalue weighted by atomic mass is 10.1. The van der Waals surface area contributed by atoms with Gasteiger partial charge in [0, 0.05) is 6.54 Å². The van der Waals surface area contributed by atoms with E-state index in [9.17, 15) is 5.11 Å². The van der Waals surface area contributed by atoms with E-state index >= 15 is 0 Å². The van der Waals surface area contributed by atoms with Crippen LogP contribution in [0.1, 0.15) is 23.1 Å². The van der Waals surface area contributed by atoms with Crippen LogP contribution < -0.4 is 5.32 Å². The molecule has 0 saturated carbocycles. The van der Waals surface area contributed by atoms with Gasteiger partial charge in [0.15, 0.2) is 11.5 Å². The van der Waals surface area contributed by atoms with Gasteiger partial charge in [-0.05, 0) is 31.5 Å². The van der Waals surface area contributed by atoms with Crippen LogP contribution >= 0.6 is 0 Å². The highest BCUT2D eigenvalue weighted by atomic mass is 16.3. The van der Waals surface area contributed by atoms with E-state index in [1.165, 1.54) is 5.56 Å². The largest absolute Gasteiger partial charge is 0.387 e. The molecule has 1 aromatic carbocycles. The van der Waals surface area contributed by atoms with Gasteiger partial charge in [0.05, 0.1) is 6.10 Å². The van der Waals surface area contributed by atoms with Crippen molar-refractivity contribution in [3.05, 3.63) is 53.3 Å². The number of aryl methyl sites for hydroxylation is 2. The molecular weight excluding hydrogens is 266 g/mol. The van der Waals surface area contributed by atoms with Gasteiger partial charge in [-0.25, -0.2) is 0 Å². The molecule has 0 saturated heterocycles. The topological polar surface area (TPSA) is 75.3 Å². The van der Waals surface area contributed by atoms with E-state index in [1.54, 1.807) is 4.52 Å². The minimum atomic E-state index is -0.579. The third-order valence-corrected chi connectivity index (χ3v) is 3.36. The molecule has 2 aromatic heterocycles. The summed E-state index contributed by atoms with van der Waals surface area (Å²) in [5, 5.41) is 25.6. The molecular formula is C15H17N5O. The first-order valence-electron chi connectivity index (χ1n) is 6.81. The third kappa shape index (κ3) is 2.85. The summed E-state index contributed by atoms with van der Waals surface area (Å²) in [6.45, 7) is 4.26. The first kappa shape index (κ1) is 13.5. The van der Waals surface area contributed by atoms with E-state index < -0.39 is 6.10 Å². The highest BCUT2D eigenvalue weighted by molar-refractivity contribution is 5.44. The van der Waals surface area contributed by atoms with Crippen molar-refractivity contribution in [2.75, 3.05) is 11.9 Å². The Labute approximate surface area is 122 Å². The Kier molecular flexibility index (Phi) is 3.53. The molecule has 0 spiro atoms. The van der Waals surface area contributed by atoms with Gasteiger partial charge in [-0.1, -0.05) is 29.8 Å². The monoisotopic (exact) mass is 283 g/mol. The molecule has 6 nitrogen and oxygen atoms in total. The lowest BCUT2D eigenvalue weighted by molar-refractivity contribution is 0.191. The number of aliphatic hydroxyl groups is 1. The van der Waals surface area contributed by atoms with E-state index in [0.717, 1.165) is 11.4 Å². The predicted octanol–water partition coefficient (Wildman–Crippen LogP) is 1.89. The Morgan fingerprint density at radius 2 is 1.86 bits per heavy atom. The zero-order valence-electron chi connectivity index (χ0n) is 12.0. The molecule has 0 unspecified atom stereocenters. The normalized spacial score (nSPS) is 12.5. The van der Waals surface area contributed by atoms with Gasteiger partial charge in [0.1, 0.15) is 5.82 Å². The van der Waals surface area contributed by atoms with Crippen molar-refractivity contribution in [1.29, 1.82) is 0 Å². The zero-order chi connectivity index (χ0) is 14.8. The fraction of sp³-hybridized carbons (Fsp3) is 0.267. The minimum absolute atomic E-state index is 0.392. The second kappa shape index (κ2) is 5.49. The Balaban J connectivity index is 1.70. The Bertz CT molecular complexity index is 750. The van der Waals surface area contributed by atoms with Crippen LogP contribution in [0.4, 0.5) is 5.82 Å². The van der Waals surface area contributed by atoms with Crippen molar-refractivity contribution in [3.63, 3.8) is 0 Å². The second-order valence-electron chi connectivity index (χ2n) is 5.04. The average molecular weight is 283 g/mol. The van der Waals surface area contributed by atoms with Gasteiger partial charge >= 0.3 is 0 Å². The molecule has 0 aliphatic carbocycles. The van der Waals surface area contributed by atoms with Crippen molar-refractivity contribution in [2.24, 2.45) is 0 Å². The number of fused-ring (bicyclic) bond motifs is 1.